The predicted octanol–water partition coefficient (Wildman–Crippen LogP) is 3.59. The zero-order valence-electron chi connectivity index (χ0n) is 10.7. The quantitative estimate of drug-likeness (QED) is 0.364. The van der Waals surface area contributed by atoms with E-state index in [1.807, 2.05) is 24.3 Å². The molecular weight excluding hydrogens is 242 g/mol. The van der Waals surface area contributed by atoms with Gasteiger partial charge < -0.3 is 0 Å². The van der Waals surface area contributed by atoms with Gasteiger partial charge in [-0.2, -0.15) is 0 Å². The van der Waals surface area contributed by atoms with Crippen molar-refractivity contribution in [1.29, 1.82) is 0 Å². The van der Waals surface area contributed by atoms with Gasteiger partial charge in [-0.05, 0) is 30.7 Å². The molecule has 0 amide bonds. The number of nitrogens with zero attached hydrogens (tertiary/aromatic N) is 1. The summed E-state index contributed by atoms with van der Waals surface area (Å²) in [6, 6.07) is 12.7. The van der Waals surface area contributed by atoms with E-state index in [0.29, 0.717) is 11.1 Å². The average Bonchev–Trinajstić information content (AvgIpc) is 2.37. The van der Waals surface area contributed by atoms with Crippen molar-refractivity contribution in [2.24, 2.45) is 0 Å². The third-order valence-corrected chi connectivity index (χ3v) is 2.88. The van der Waals surface area contributed by atoms with Crippen LogP contribution >= 0.6 is 0 Å². The number of ketones is 1. The molecule has 0 aliphatic heterocycles. The van der Waals surface area contributed by atoms with Gasteiger partial charge in [-0.15, -0.1) is 0 Å². The minimum Gasteiger partial charge on any atom is -0.282 e. The van der Waals surface area contributed by atoms with E-state index in [9.17, 15) is 14.9 Å². The summed E-state index contributed by atoms with van der Waals surface area (Å²) >= 11 is 0. The van der Waals surface area contributed by atoms with Crippen molar-refractivity contribution in [3.8, 4) is 0 Å². The Morgan fingerprint density at radius 1 is 1.05 bits per heavy atom. The Kier molecular flexibility index (Phi) is 3.42. The first-order valence-electron chi connectivity index (χ1n) is 5.86. The molecule has 0 bridgehead atoms. The van der Waals surface area contributed by atoms with E-state index in [1.165, 1.54) is 0 Å². The number of carbonyl (C=O) groups excluding carboxylic acids is 1. The SMILES string of the molecule is CC(C)=C(C(=O)c1ccc2ccccc2c1)[N+](=O)[O-]. The van der Waals surface area contributed by atoms with Crippen molar-refractivity contribution < 1.29 is 9.72 Å². The number of nitro groups is 1. The molecule has 0 heterocycles. The maximum atomic E-state index is 12.2. The Morgan fingerprint density at radius 3 is 2.26 bits per heavy atom. The van der Waals surface area contributed by atoms with Crippen LogP contribution in [0, 0.1) is 10.1 Å². The van der Waals surface area contributed by atoms with Gasteiger partial charge in [0.2, 0.25) is 0 Å². The highest BCUT2D eigenvalue weighted by atomic mass is 16.6. The first-order valence-corrected chi connectivity index (χ1v) is 5.86. The lowest BCUT2D eigenvalue weighted by atomic mass is 10.0. The normalized spacial score (nSPS) is 10.2. The van der Waals surface area contributed by atoms with Crippen molar-refractivity contribution in [2.45, 2.75) is 13.8 Å². The number of allylic oxidation sites excluding steroid dienone is 2. The zero-order chi connectivity index (χ0) is 14.0. The lowest BCUT2D eigenvalue weighted by Gasteiger charge is -2.03. The standard InChI is InChI=1S/C15H13NO3/c1-10(2)14(16(18)19)15(17)13-8-7-11-5-3-4-6-12(11)9-13/h3-9H,1-2H3. The first kappa shape index (κ1) is 13.0. The van der Waals surface area contributed by atoms with Crippen molar-refractivity contribution in [3.05, 3.63) is 69.4 Å². The van der Waals surface area contributed by atoms with Crippen LogP contribution in [0.1, 0.15) is 24.2 Å². The Morgan fingerprint density at radius 2 is 1.68 bits per heavy atom. The molecule has 4 heteroatoms. The van der Waals surface area contributed by atoms with Gasteiger partial charge in [0.1, 0.15) is 0 Å². The molecule has 19 heavy (non-hydrogen) atoms. The van der Waals surface area contributed by atoms with Gasteiger partial charge in [0, 0.05) is 11.1 Å². The zero-order valence-corrected chi connectivity index (χ0v) is 10.7. The van der Waals surface area contributed by atoms with E-state index >= 15 is 0 Å². The second kappa shape index (κ2) is 5.02. The predicted molar refractivity (Wildman–Crippen MR) is 73.6 cm³/mol. The van der Waals surface area contributed by atoms with Crippen LogP contribution < -0.4 is 0 Å². The third-order valence-electron chi connectivity index (χ3n) is 2.88. The fourth-order valence-electron chi connectivity index (χ4n) is 1.96. The summed E-state index contributed by atoms with van der Waals surface area (Å²) in [5, 5.41) is 12.8. The molecule has 2 rings (SSSR count). The summed E-state index contributed by atoms with van der Waals surface area (Å²) < 4.78 is 0. The highest BCUT2D eigenvalue weighted by Gasteiger charge is 2.24. The fourth-order valence-corrected chi connectivity index (χ4v) is 1.96. The molecule has 2 aromatic rings. The molecule has 0 radical (unpaired) electrons. The second-order valence-electron chi connectivity index (χ2n) is 4.50. The number of hydrogen-bond donors (Lipinski definition) is 0. The maximum Gasteiger partial charge on any atom is 0.315 e. The number of fused-ring (bicyclic) bond motifs is 1. The van der Waals surface area contributed by atoms with E-state index in [4.69, 9.17) is 0 Å². The summed E-state index contributed by atoms with van der Waals surface area (Å²) in [5.41, 5.74) is 0.394. The molecule has 96 valence electrons. The van der Waals surface area contributed by atoms with Gasteiger partial charge in [0.25, 0.3) is 5.78 Å². The highest BCUT2D eigenvalue weighted by Crippen LogP contribution is 2.19. The number of benzene rings is 2. The first-order chi connectivity index (χ1) is 9.00. The minimum atomic E-state index is -0.618. The summed E-state index contributed by atoms with van der Waals surface area (Å²) in [7, 11) is 0. The molecule has 0 aliphatic carbocycles. The van der Waals surface area contributed by atoms with Gasteiger partial charge in [0.15, 0.2) is 0 Å². The Hall–Kier alpha value is -2.49. The monoisotopic (exact) mass is 255 g/mol. The lowest BCUT2D eigenvalue weighted by molar-refractivity contribution is -0.417. The van der Waals surface area contributed by atoms with E-state index in [2.05, 4.69) is 0 Å². The largest absolute Gasteiger partial charge is 0.315 e. The van der Waals surface area contributed by atoms with Gasteiger partial charge in [-0.3, -0.25) is 14.9 Å². The van der Waals surface area contributed by atoms with E-state index < -0.39 is 10.7 Å². The molecule has 0 saturated carbocycles. The molecular formula is C15H13NO3. The van der Waals surface area contributed by atoms with Crippen LogP contribution in [0.5, 0.6) is 0 Å². The van der Waals surface area contributed by atoms with Gasteiger partial charge in [0.05, 0.1) is 4.92 Å². The van der Waals surface area contributed by atoms with Crippen molar-refractivity contribution in [1.82, 2.24) is 0 Å². The summed E-state index contributed by atoms with van der Waals surface area (Å²) in [4.78, 5) is 22.5. The molecule has 0 aromatic heterocycles. The Labute approximate surface area is 110 Å². The van der Waals surface area contributed by atoms with Crippen LogP contribution in [0.3, 0.4) is 0 Å². The van der Waals surface area contributed by atoms with Crippen LogP contribution in [-0.4, -0.2) is 10.7 Å². The van der Waals surface area contributed by atoms with Gasteiger partial charge in [-0.25, -0.2) is 0 Å². The molecule has 0 spiro atoms. The lowest BCUT2D eigenvalue weighted by Crippen LogP contribution is -2.13. The summed E-state index contributed by atoms with van der Waals surface area (Å²) in [5.74, 6) is -0.546. The van der Waals surface area contributed by atoms with Crippen LogP contribution in [-0.2, 0) is 0 Å². The van der Waals surface area contributed by atoms with Crippen molar-refractivity contribution in [3.63, 3.8) is 0 Å². The third kappa shape index (κ3) is 2.52. The van der Waals surface area contributed by atoms with Crippen LogP contribution in [0.15, 0.2) is 53.7 Å². The molecule has 0 fully saturated rings. The molecule has 2 aromatic carbocycles. The van der Waals surface area contributed by atoms with Crippen LogP contribution in [0.25, 0.3) is 10.8 Å². The molecule has 0 aliphatic rings. The molecule has 0 saturated heterocycles. The Balaban J connectivity index is 2.53. The fraction of sp³-hybridized carbons (Fsp3) is 0.133. The summed E-state index contributed by atoms with van der Waals surface area (Å²) in [6.45, 7) is 3.13. The van der Waals surface area contributed by atoms with Crippen molar-refractivity contribution >= 4 is 16.6 Å². The van der Waals surface area contributed by atoms with Crippen LogP contribution in [0.2, 0.25) is 0 Å². The van der Waals surface area contributed by atoms with Gasteiger partial charge in [-0.1, -0.05) is 36.4 Å². The van der Waals surface area contributed by atoms with E-state index in [1.54, 1.807) is 32.0 Å². The van der Waals surface area contributed by atoms with Crippen molar-refractivity contribution in [2.75, 3.05) is 0 Å². The minimum absolute atomic E-state index is 0.339. The highest BCUT2D eigenvalue weighted by molar-refractivity contribution is 6.09. The Bertz CT molecular complexity index is 697. The molecule has 0 unspecified atom stereocenters. The maximum absolute atomic E-state index is 12.2. The number of Topliss-reactive ketones (excluding diaryl/α,β-unsaturated/α-hetero) is 1. The van der Waals surface area contributed by atoms with E-state index in [0.717, 1.165) is 10.8 Å². The second-order valence-corrected chi connectivity index (χ2v) is 4.50. The van der Waals surface area contributed by atoms with E-state index in [-0.39, 0.29) is 5.70 Å². The topological polar surface area (TPSA) is 60.2 Å². The average molecular weight is 255 g/mol. The molecule has 0 atom stereocenters. The van der Waals surface area contributed by atoms with Gasteiger partial charge >= 0.3 is 5.70 Å². The number of carbonyl (C=O) groups is 1. The smallest absolute Gasteiger partial charge is 0.282 e. The van der Waals surface area contributed by atoms with Crippen LogP contribution in [0.4, 0.5) is 0 Å². The molecule has 0 N–H and O–H groups in total. The number of hydrogen-bond acceptors (Lipinski definition) is 3. The summed E-state index contributed by atoms with van der Waals surface area (Å²) in [6.07, 6.45) is 0. The molecule has 4 nitrogen and oxygen atoms in total. The number of rotatable bonds is 3.